The van der Waals surface area contributed by atoms with Crippen molar-refractivity contribution < 1.29 is 23.8 Å². The fourth-order valence-electron chi connectivity index (χ4n) is 5.11. The number of ether oxygens (including phenoxy) is 1. The number of carbonyl (C=O) groups is 2. The Balaban J connectivity index is 1.32. The zero-order valence-corrected chi connectivity index (χ0v) is 24.0. The monoisotopic (exact) mass is 592 g/mol. The molecule has 0 radical (unpaired) electrons. The maximum Gasteiger partial charge on any atom is 0.251 e. The van der Waals surface area contributed by atoms with Crippen molar-refractivity contribution in [1.82, 2.24) is 20.3 Å². The number of carbonyl (C=O) groups excluding carboxylic acids is 2. The summed E-state index contributed by atoms with van der Waals surface area (Å²) in [6, 6.07) is 19.7. The summed E-state index contributed by atoms with van der Waals surface area (Å²) >= 11 is 0. The van der Waals surface area contributed by atoms with Crippen LogP contribution in [0.1, 0.15) is 35.5 Å². The first kappa shape index (κ1) is 28.7. The molecule has 3 aromatic heterocycles. The van der Waals surface area contributed by atoms with Gasteiger partial charge in [0.25, 0.3) is 5.91 Å². The Morgan fingerprint density at radius 3 is 2.57 bits per heavy atom. The Labute approximate surface area is 252 Å². The van der Waals surface area contributed by atoms with E-state index < -0.39 is 28.6 Å². The van der Waals surface area contributed by atoms with Crippen LogP contribution in [0.4, 0.5) is 15.9 Å². The van der Waals surface area contributed by atoms with Crippen molar-refractivity contribution in [2.45, 2.75) is 24.9 Å². The Hall–Kier alpha value is -5.42. The highest BCUT2D eigenvalue weighted by Crippen LogP contribution is 2.45. The van der Waals surface area contributed by atoms with Crippen LogP contribution in [0.15, 0.2) is 85.2 Å². The number of benzene rings is 2. The maximum atomic E-state index is 13.7. The number of aliphatic hydroxyl groups is 1. The molecule has 0 unspecified atom stereocenters. The van der Waals surface area contributed by atoms with Crippen molar-refractivity contribution >= 4 is 34.2 Å². The van der Waals surface area contributed by atoms with Crippen LogP contribution in [0.25, 0.3) is 22.2 Å². The molecule has 11 heteroatoms. The molecule has 5 N–H and O–H groups in total. The van der Waals surface area contributed by atoms with Gasteiger partial charge in [0.15, 0.2) is 0 Å². The van der Waals surface area contributed by atoms with E-state index in [-0.39, 0.29) is 18.8 Å². The minimum atomic E-state index is -1.69. The molecule has 4 heterocycles. The summed E-state index contributed by atoms with van der Waals surface area (Å²) < 4.78 is 19.6. The largest absolute Gasteiger partial charge is 0.489 e. The number of nitrogens with zero attached hydrogens (tertiary/aromatic N) is 3. The summed E-state index contributed by atoms with van der Waals surface area (Å²) in [5.74, 6) is -0.551. The standard InChI is InChI=1S/C33H29FN6O4/c1-32(31(35)42)18-44-29-23(32)16-25(40-28(29)19-8-10-22(34)11-9-19)33(2,43)17-38-30(41)21-14-20-6-5-13-37-27(20)24(15-21)39-26-7-3-4-12-36-26/h3-16,43H,17-18H2,1-2H3,(H2,35,42)(H,36,39)(H,38,41)/t32-,33-/m0/s1. The van der Waals surface area contributed by atoms with E-state index in [1.807, 2.05) is 12.1 Å². The number of amides is 2. The summed E-state index contributed by atoms with van der Waals surface area (Å²) in [5, 5.41) is 18.4. The molecule has 2 atom stereocenters. The van der Waals surface area contributed by atoms with Crippen molar-refractivity contribution in [3.8, 4) is 17.0 Å². The van der Waals surface area contributed by atoms with Gasteiger partial charge < -0.3 is 26.2 Å². The van der Waals surface area contributed by atoms with Gasteiger partial charge in [-0.15, -0.1) is 0 Å². The van der Waals surface area contributed by atoms with E-state index in [2.05, 4.69) is 25.6 Å². The zero-order valence-electron chi connectivity index (χ0n) is 24.0. The molecule has 1 aliphatic rings. The van der Waals surface area contributed by atoms with Gasteiger partial charge in [0.1, 0.15) is 40.7 Å². The van der Waals surface area contributed by atoms with E-state index in [1.54, 1.807) is 55.7 Å². The number of halogens is 1. The second kappa shape index (κ2) is 11.0. The predicted octanol–water partition coefficient (Wildman–Crippen LogP) is 4.35. The number of hydrogen-bond acceptors (Lipinski definition) is 8. The summed E-state index contributed by atoms with van der Waals surface area (Å²) in [6.45, 7) is 2.93. The van der Waals surface area contributed by atoms with Crippen LogP contribution >= 0.6 is 0 Å². The summed E-state index contributed by atoms with van der Waals surface area (Å²) in [6.07, 6.45) is 3.32. The Bertz CT molecular complexity index is 1900. The molecule has 0 aliphatic carbocycles. The average molecular weight is 593 g/mol. The van der Waals surface area contributed by atoms with Gasteiger partial charge in [-0.05, 0) is 74.5 Å². The zero-order chi connectivity index (χ0) is 31.1. The second-order valence-electron chi connectivity index (χ2n) is 11.1. The van der Waals surface area contributed by atoms with Gasteiger partial charge in [-0.3, -0.25) is 14.6 Å². The number of rotatable bonds is 8. The third-order valence-corrected chi connectivity index (χ3v) is 7.77. The van der Waals surface area contributed by atoms with Crippen LogP contribution in [-0.2, 0) is 15.8 Å². The lowest BCUT2D eigenvalue weighted by molar-refractivity contribution is -0.123. The van der Waals surface area contributed by atoms with E-state index in [0.29, 0.717) is 45.2 Å². The van der Waals surface area contributed by atoms with E-state index in [9.17, 15) is 19.1 Å². The molecule has 44 heavy (non-hydrogen) atoms. The molecule has 0 spiro atoms. The molecule has 0 bridgehead atoms. The summed E-state index contributed by atoms with van der Waals surface area (Å²) in [7, 11) is 0. The molecule has 222 valence electrons. The molecule has 0 saturated carbocycles. The number of nitrogens with two attached hydrogens (primary N) is 1. The number of fused-ring (bicyclic) bond motifs is 2. The van der Waals surface area contributed by atoms with E-state index in [1.165, 1.54) is 31.2 Å². The first-order valence-electron chi connectivity index (χ1n) is 13.9. The SMILES string of the molecule is C[C@](O)(CNC(=O)c1cc(Nc2ccccn2)c2ncccc2c1)c1cc2c(c(-c3ccc(F)cc3)n1)OC[C@]2(C)C(N)=O. The lowest BCUT2D eigenvalue weighted by Gasteiger charge is -2.26. The number of nitrogens with one attached hydrogen (secondary N) is 2. The van der Waals surface area contributed by atoms with E-state index in [0.717, 1.165) is 5.39 Å². The van der Waals surface area contributed by atoms with Gasteiger partial charge in [-0.1, -0.05) is 12.1 Å². The molecular weight excluding hydrogens is 563 g/mol. The van der Waals surface area contributed by atoms with Crippen LogP contribution < -0.4 is 21.1 Å². The molecule has 2 aromatic carbocycles. The Morgan fingerprint density at radius 1 is 1.07 bits per heavy atom. The smallest absolute Gasteiger partial charge is 0.251 e. The maximum absolute atomic E-state index is 13.7. The number of primary amides is 1. The Kier molecular flexibility index (Phi) is 7.18. The van der Waals surface area contributed by atoms with Crippen LogP contribution in [0.5, 0.6) is 5.75 Å². The highest BCUT2D eigenvalue weighted by atomic mass is 19.1. The minimum Gasteiger partial charge on any atom is -0.489 e. The molecule has 1 aliphatic heterocycles. The number of anilines is 2. The average Bonchev–Trinajstić information content (AvgIpc) is 3.38. The molecule has 10 nitrogen and oxygen atoms in total. The van der Waals surface area contributed by atoms with Crippen LogP contribution in [-0.4, -0.2) is 45.0 Å². The minimum absolute atomic E-state index is 0.0123. The number of pyridine rings is 3. The molecule has 2 amide bonds. The summed E-state index contributed by atoms with van der Waals surface area (Å²) in [4.78, 5) is 39.4. The molecule has 5 aromatic rings. The Morgan fingerprint density at radius 2 is 1.84 bits per heavy atom. The predicted molar refractivity (Wildman–Crippen MR) is 163 cm³/mol. The second-order valence-corrected chi connectivity index (χ2v) is 11.1. The lowest BCUT2D eigenvalue weighted by Crippen LogP contribution is -2.41. The highest BCUT2D eigenvalue weighted by molar-refractivity contribution is 6.02. The first-order chi connectivity index (χ1) is 21.0. The van der Waals surface area contributed by atoms with Gasteiger partial charge in [0.2, 0.25) is 5.91 Å². The van der Waals surface area contributed by atoms with Crippen molar-refractivity contribution in [2.24, 2.45) is 5.73 Å². The van der Waals surface area contributed by atoms with Crippen LogP contribution in [0.2, 0.25) is 0 Å². The molecule has 0 saturated heterocycles. The molecule has 0 fully saturated rings. The number of hydrogen-bond donors (Lipinski definition) is 4. The van der Waals surface area contributed by atoms with Gasteiger partial charge in [0.05, 0.1) is 23.4 Å². The first-order valence-corrected chi connectivity index (χ1v) is 13.9. The topological polar surface area (TPSA) is 152 Å². The number of aromatic nitrogens is 3. The van der Waals surface area contributed by atoms with E-state index >= 15 is 0 Å². The fourth-order valence-corrected chi connectivity index (χ4v) is 5.11. The molecular formula is C33H29FN6O4. The quantitative estimate of drug-likeness (QED) is 0.208. The summed E-state index contributed by atoms with van der Waals surface area (Å²) in [5.41, 5.74) is 5.95. The highest BCUT2D eigenvalue weighted by Gasteiger charge is 2.45. The van der Waals surface area contributed by atoms with Gasteiger partial charge in [-0.25, -0.2) is 14.4 Å². The lowest BCUT2D eigenvalue weighted by atomic mass is 9.82. The van der Waals surface area contributed by atoms with Gasteiger partial charge >= 0.3 is 0 Å². The van der Waals surface area contributed by atoms with Gasteiger partial charge in [-0.2, -0.15) is 0 Å². The van der Waals surface area contributed by atoms with Crippen molar-refractivity contribution in [3.63, 3.8) is 0 Å². The third-order valence-electron chi connectivity index (χ3n) is 7.77. The normalized spacial score (nSPS) is 16.9. The van der Waals surface area contributed by atoms with Crippen LogP contribution in [0.3, 0.4) is 0 Å². The van der Waals surface area contributed by atoms with Crippen molar-refractivity contribution in [2.75, 3.05) is 18.5 Å². The fraction of sp³-hybridized carbons (Fsp3) is 0.182. The van der Waals surface area contributed by atoms with Crippen molar-refractivity contribution in [3.05, 3.63) is 108 Å². The molecule has 6 rings (SSSR count). The third kappa shape index (κ3) is 5.29. The van der Waals surface area contributed by atoms with Crippen LogP contribution in [0, 0.1) is 5.82 Å². The van der Waals surface area contributed by atoms with Gasteiger partial charge in [0, 0.05) is 34.5 Å². The van der Waals surface area contributed by atoms with E-state index in [4.69, 9.17) is 10.5 Å². The van der Waals surface area contributed by atoms with Crippen molar-refractivity contribution in [1.29, 1.82) is 0 Å².